The van der Waals surface area contributed by atoms with Gasteiger partial charge in [-0.15, -0.1) is 0 Å². The van der Waals surface area contributed by atoms with Crippen molar-refractivity contribution < 1.29 is 0 Å². The van der Waals surface area contributed by atoms with Gasteiger partial charge in [-0.2, -0.15) is 15.6 Å². The fraction of sp³-hybridized carbons (Fsp3) is 0.182. The number of nitrogens with zero attached hydrogens (tertiary/aromatic N) is 3. The molecule has 1 N–H and O–H groups in total. The van der Waals surface area contributed by atoms with Crippen molar-refractivity contribution in [2.75, 3.05) is 5.43 Å². The predicted octanol–water partition coefficient (Wildman–Crippen LogP) is 2.83. The molecule has 1 aromatic rings. The maximum absolute atomic E-state index is 8.53. The Morgan fingerprint density at radius 3 is 2.69 bits per heavy atom. The summed E-state index contributed by atoms with van der Waals surface area (Å²) in [7, 11) is 0. The number of nitriles is 2. The van der Waals surface area contributed by atoms with Crippen LogP contribution in [0.3, 0.4) is 0 Å². The van der Waals surface area contributed by atoms with Gasteiger partial charge in [-0.3, -0.25) is 5.43 Å². The first-order valence-corrected chi connectivity index (χ1v) is 5.43. The highest BCUT2D eigenvalue weighted by molar-refractivity contribution is 9.10. The molecule has 0 bridgehead atoms. The third kappa shape index (κ3) is 3.08. The Balaban J connectivity index is 2.98. The third-order valence-corrected chi connectivity index (χ3v) is 2.45. The van der Waals surface area contributed by atoms with E-state index in [2.05, 4.69) is 26.5 Å². The second-order valence-electron chi connectivity index (χ2n) is 2.95. The minimum absolute atomic E-state index is 0.193. The van der Waals surface area contributed by atoms with Crippen LogP contribution in [0.15, 0.2) is 27.8 Å². The number of halogens is 1. The molecule has 0 heterocycles. The van der Waals surface area contributed by atoms with Crippen LogP contribution in [0.5, 0.6) is 0 Å². The fourth-order valence-corrected chi connectivity index (χ4v) is 1.51. The summed E-state index contributed by atoms with van der Waals surface area (Å²) >= 11 is 3.35. The Kier molecular flexibility index (Phi) is 4.50. The SMILES string of the molecule is CCc1ccc(Br)cc1NN=C(C#N)C#N. The van der Waals surface area contributed by atoms with Gasteiger partial charge in [0.15, 0.2) is 0 Å². The molecule has 0 saturated carbocycles. The zero-order valence-electron chi connectivity index (χ0n) is 8.66. The number of benzene rings is 1. The van der Waals surface area contributed by atoms with E-state index in [1.807, 2.05) is 25.1 Å². The maximum Gasteiger partial charge on any atom is 0.237 e. The van der Waals surface area contributed by atoms with Crippen LogP contribution in [0.2, 0.25) is 0 Å². The minimum Gasteiger partial charge on any atom is -0.276 e. The van der Waals surface area contributed by atoms with E-state index in [0.717, 1.165) is 22.1 Å². The fourth-order valence-electron chi connectivity index (χ4n) is 1.15. The van der Waals surface area contributed by atoms with E-state index < -0.39 is 0 Å². The molecule has 0 aliphatic heterocycles. The highest BCUT2D eigenvalue weighted by Gasteiger charge is 2.01. The van der Waals surface area contributed by atoms with Gasteiger partial charge in [-0.05, 0) is 24.1 Å². The number of hydrogen-bond acceptors (Lipinski definition) is 4. The van der Waals surface area contributed by atoms with Gasteiger partial charge in [0.05, 0.1) is 5.69 Å². The summed E-state index contributed by atoms with van der Waals surface area (Å²) in [5.74, 6) is 0. The minimum atomic E-state index is -0.193. The average molecular weight is 277 g/mol. The van der Waals surface area contributed by atoms with Crippen LogP contribution in [0.4, 0.5) is 5.69 Å². The largest absolute Gasteiger partial charge is 0.276 e. The number of aryl methyl sites for hydroxylation is 1. The van der Waals surface area contributed by atoms with Gasteiger partial charge in [0.25, 0.3) is 0 Å². The van der Waals surface area contributed by atoms with Crippen LogP contribution in [0.25, 0.3) is 0 Å². The standard InChI is InChI=1S/C11H9BrN4/c1-2-8-3-4-9(12)5-11(8)16-15-10(6-13)7-14/h3-5,16H,2H2,1H3. The van der Waals surface area contributed by atoms with Crippen molar-refractivity contribution >= 4 is 27.3 Å². The lowest BCUT2D eigenvalue weighted by Crippen LogP contribution is -1.99. The van der Waals surface area contributed by atoms with E-state index in [-0.39, 0.29) is 5.71 Å². The van der Waals surface area contributed by atoms with Gasteiger partial charge < -0.3 is 0 Å². The smallest absolute Gasteiger partial charge is 0.237 e. The summed E-state index contributed by atoms with van der Waals surface area (Å²) in [6, 6.07) is 9.13. The molecule has 0 saturated heterocycles. The zero-order chi connectivity index (χ0) is 12.0. The number of anilines is 1. The molecular formula is C11H9BrN4. The first-order valence-electron chi connectivity index (χ1n) is 4.63. The molecule has 0 amide bonds. The van der Waals surface area contributed by atoms with Crippen molar-refractivity contribution in [2.24, 2.45) is 5.10 Å². The van der Waals surface area contributed by atoms with E-state index in [4.69, 9.17) is 10.5 Å². The van der Waals surface area contributed by atoms with Gasteiger partial charge in [0, 0.05) is 4.47 Å². The van der Waals surface area contributed by atoms with Crippen LogP contribution < -0.4 is 5.43 Å². The molecule has 1 aromatic carbocycles. The molecule has 0 unspecified atom stereocenters. The van der Waals surface area contributed by atoms with Crippen molar-refractivity contribution in [1.82, 2.24) is 0 Å². The summed E-state index contributed by atoms with van der Waals surface area (Å²) in [6.45, 7) is 2.02. The Morgan fingerprint density at radius 1 is 1.44 bits per heavy atom. The van der Waals surface area contributed by atoms with Crippen molar-refractivity contribution in [3.63, 3.8) is 0 Å². The summed E-state index contributed by atoms with van der Waals surface area (Å²) in [6.07, 6.45) is 0.847. The van der Waals surface area contributed by atoms with Gasteiger partial charge in [-0.25, -0.2) is 0 Å². The second-order valence-corrected chi connectivity index (χ2v) is 3.87. The van der Waals surface area contributed by atoms with Crippen LogP contribution in [0, 0.1) is 22.7 Å². The van der Waals surface area contributed by atoms with Gasteiger partial charge in [0.1, 0.15) is 12.1 Å². The molecule has 1 rings (SSSR count). The summed E-state index contributed by atoms with van der Waals surface area (Å²) < 4.78 is 0.915. The van der Waals surface area contributed by atoms with Crippen molar-refractivity contribution in [3.05, 3.63) is 28.2 Å². The molecule has 0 aliphatic carbocycles. The highest BCUT2D eigenvalue weighted by Crippen LogP contribution is 2.21. The van der Waals surface area contributed by atoms with Gasteiger partial charge in [0.2, 0.25) is 5.71 Å². The van der Waals surface area contributed by atoms with E-state index in [9.17, 15) is 0 Å². The average Bonchev–Trinajstić information content (AvgIpc) is 2.30. The quantitative estimate of drug-likeness (QED) is 0.682. The van der Waals surface area contributed by atoms with Gasteiger partial charge in [-0.1, -0.05) is 28.9 Å². The van der Waals surface area contributed by atoms with E-state index in [1.165, 1.54) is 0 Å². The maximum atomic E-state index is 8.53. The molecule has 0 aliphatic rings. The molecule has 0 spiro atoms. The number of nitrogens with one attached hydrogen (secondary N) is 1. The Morgan fingerprint density at radius 2 is 2.12 bits per heavy atom. The van der Waals surface area contributed by atoms with E-state index >= 15 is 0 Å². The van der Waals surface area contributed by atoms with Crippen LogP contribution in [-0.2, 0) is 6.42 Å². The molecular weight excluding hydrogens is 268 g/mol. The number of hydrogen-bond donors (Lipinski definition) is 1. The molecule has 0 atom stereocenters. The van der Waals surface area contributed by atoms with Crippen molar-refractivity contribution in [1.29, 1.82) is 10.5 Å². The Hall–Kier alpha value is -1.85. The normalized spacial score (nSPS) is 8.75. The van der Waals surface area contributed by atoms with E-state index in [0.29, 0.717) is 0 Å². The lowest BCUT2D eigenvalue weighted by molar-refractivity contribution is 1.13. The molecule has 80 valence electrons. The molecule has 0 radical (unpaired) electrons. The van der Waals surface area contributed by atoms with Gasteiger partial charge >= 0.3 is 0 Å². The van der Waals surface area contributed by atoms with Crippen LogP contribution in [0.1, 0.15) is 12.5 Å². The monoisotopic (exact) mass is 276 g/mol. The predicted molar refractivity (Wildman–Crippen MR) is 65.8 cm³/mol. The molecule has 16 heavy (non-hydrogen) atoms. The molecule has 0 aromatic heterocycles. The summed E-state index contributed by atoms with van der Waals surface area (Å²) in [5, 5.41) is 20.8. The topological polar surface area (TPSA) is 72.0 Å². The Bertz CT molecular complexity index is 478. The highest BCUT2D eigenvalue weighted by atomic mass is 79.9. The second kappa shape index (κ2) is 5.89. The van der Waals surface area contributed by atoms with E-state index in [1.54, 1.807) is 12.1 Å². The lowest BCUT2D eigenvalue weighted by atomic mass is 10.1. The number of hydrazone groups is 1. The van der Waals surface area contributed by atoms with Crippen LogP contribution >= 0.6 is 15.9 Å². The lowest BCUT2D eigenvalue weighted by Gasteiger charge is -2.06. The Labute approximate surface area is 102 Å². The number of rotatable bonds is 3. The zero-order valence-corrected chi connectivity index (χ0v) is 10.2. The summed E-state index contributed by atoms with van der Waals surface area (Å²) in [5.41, 5.74) is 4.39. The molecule has 0 fully saturated rings. The summed E-state index contributed by atoms with van der Waals surface area (Å²) in [4.78, 5) is 0. The van der Waals surface area contributed by atoms with Crippen molar-refractivity contribution in [2.45, 2.75) is 13.3 Å². The molecule has 5 heteroatoms. The van der Waals surface area contributed by atoms with Crippen molar-refractivity contribution in [3.8, 4) is 12.1 Å². The first kappa shape index (κ1) is 12.2. The molecule has 4 nitrogen and oxygen atoms in total. The third-order valence-electron chi connectivity index (χ3n) is 1.95. The first-order chi connectivity index (χ1) is 7.71. The van der Waals surface area contributed by atoms with Crippen LogP contribution in [-0.4, -0.2) is 5.71 Å².